The molecule has 0 radical (unpaired) electrons. The van der Waals surface area contributed by atoms with Crippen LogP contribution in [0.5, 0.6) is 0 Å². The van der Waals surface area contributed by atoms with Gasteiger partial charge in [0.25, 0.3) is 0 Å². The number of halogens is 3. The van der Waals surface area contributed by atoms with Gasteiger partial charge in [-0.25, -0.2) is 5.20 Å². The van der Waals surface area contributed by atoms with Gasteiger partial charge < -0.3 is 0 Å². The third-order valence-electron chi connectivity index (χ3n) is 6.04. The summed E-state index contributed by atoms with van der Waals surface area (Å²) >= 11 is 0. The average Bonchev–Trinajstić information content (AvgIpc) is 3.17. The second kappa shape index (κ2) is 13.1. The van der Waals surface area contributed by atoms with Crippen molar-refractivity contribution in [2.45, 2.75) is 40.7 Å². The van der Waals surface area contributed by atoms with Gasteiger partial charge in [-0.15, -0.1) is 49.2 Å². The number of hydrogen-bond donors (Lipinski definition) is 0. The van der Waals surface area contributed by atoms with Crippen LogP contribution in [0.1, 0.15) is 34.2 Å². The SMILES string of the molecule is Cc1cc(C)cc([Si](C)(C2=[C-]CC=C2c2ccccc2)c2cc(C)cc(C)c2)c1.Cl.Cl.Cl.[Ti]. The molecule has 0 aliphatic heterocycles. The Morgan fingerprint density at radius 3 is 1.52 bits per heavy atom. The molecule has 0 nitrogen and oxygen atoms in total. The van der Waals surface area contributed by atoms with Gasteiger partial charge >= 0.3 is 0 Å². The molecule has 0 N–H and O–H groups in total. The van der Waals surface area contributed by atoms with E-state index < -0.39 is 8.07 Å². The van der Waals surface area contributed by atoms with E-state index in [9.17, 15) is 0 Å². The normalized spacial score (nSPS) is 12.3. The molecule has 0 heterocycles. The molecule has 33 heavy (non-hydrogen) atoms. The third-order valence-corrected chi connectivity index (χ3v) is 10.4. The van der Waals surface area contributed by atoms with E-state index in [1.165, 1.54) is 49.0 Å². The molecule has 174 valence electrons. The molecule has 0 aromatic heterocycles. The quantitative estimate of drug-likeness (QED) is 0.239. The van der Waals surface area contributed by atoms with Gasteiger partial charge in [0, 0.05) is 21.7 Å². The number of hydrogen-bond acceptors (Lipinski definition) is 0. The first-order valence-electron chi connectivity index (χ1n) is 10.4. The van der Waals surface area contributed by atoms with Crippen LogP contribution in [0, 0.1) is 33.8 Å². The largest absolute Gasteiger partial charge is 0.272 e. The molecule has 0 spiro atoms. The maximum atomic E-state index is 3.81. The molecule has 0 atom stereocenters. The van der Waals surface area contributed by atoms with Gasteiger partial charge in [0.2, 0.25) is 0 Å². The van der Waals surface area contributed by atoms with Crippen molar-refractivity contribution in [3.63, 3.8) is 0 Å². The van der Waals surface area contributed by atoms with Crippen LogP contribution in [0.15, 0.2) is 78.0 Å². The third kappa shape index (κ3) is 6.54. The standard InChI is InChI=1S/C28H29Si.3ClH.Ti/c1-20-14-21(2)17-25(16-20)29(5,26-18-22(3)15-23(4)19-26)28-13-9-12-27(28)24-10-7-6-8-11-24;;;;/h6-8,10-12,14-19H,9H2,1-5H3;3*1H;/q-1;;;;. The first kappa shape index (κ1) is 31.9. The van der Waals surface area contributed by atoms with Gasteiger partial charge in [0.1, 0.15) is 8.07 Å². The Labute approximate surface area is 234 Å². The minimum absolute atomic E-state index is 0. The van der Waals surface area contributed by atoms with Gasteiger partial charge in [-0.2, -0.15) is 11.6 Å². The Morgan fingerprint density at radius 1 is 0.667 bits per heavy atom. The molecule has 3 aromatic carbocycles. The van der Waals surface area contributed by atoms with Crippen LogP contribution >= 0.6 is 37.2 Å². The van der Waals surface area contributed by atoms with Crippen molar-refractivity contribution in [2.75, 3.05) is 0 Å². The predicted octanol–water partition coefficient (Wildman–Crippen LogP) is 7.13. The number of benzene rings is 3. The summed E-state index contributed by atoms with van der Waals surface area (Å²) in [4.78, 5) is 0. The maximum absolute atomic E-state index is 3.81. The molecular weight excluding hydrogens is 519 g/mol. The fourth-order valence-electron chi connectivity index (χ4n) is 4.76. The summed E-state index contributed by atoms with van der Waals surface area (Å²) < 4.78 is 0. The van der Waals surface area contributed by atoms with E-state index in [0.717, 1.165) is 6.42 Å². The summed E-state index contributed by atoms with van der Waals surface area (Å²) in [5.74, 6) is 0. The second-order valence-electron chi connectivity index (χ2n) is 8.62. The molecule has 0 amide bonds. The zero-order valence-corrected chi connectivity index (χ0v) is 24.9. The first-order chi connectivity index (χ1) is 13.9. The van der Waals surface area contributed by atoms with Crippen molar-refractivity contribution in [1.82, 2.24) is 0 Å². The van der Waals surface area contributed by atoms with E-state index >= 15 is 0 Å². The molecule has 1 aliphatic carbocycles. The van der Waals surface area contributed by atoms with Crippen molar-refractivity contribution in [1.29, 1.82) is 0 Å². The van der Waals surface area contributed by atoms with Gasteiger partial charge in [-0.3, -0.25) is 6.08 Å². The van der Waals surface area contributed by atoms with Gasteiger partial charge in [-0.1, -0.05) is 106 Å². The molecule has 1 aliphatic rings. The van der Waals surface area contributed by atoms with E-state index in [1.807, 2.05) is 0 Å². The predicted molar refractivity (Wildman–Crippen MR) is 150 cm³/mol. The molecule has 0 saturated heterocycles. The van der Waals surface area contributed by atoms with Crippen molar-refractivity contribution < 1.29 is 21.7 Å². The summed E-state index contributed by atoms with van der Waals surface area (Å²) in [5.41, 5.74) is 8.04. The topological polar surface area (TPSA) is 0 Å². The van der Waals surface area contributed by atoms with Crippen LogP contribution in [-0.2, 0) is 21.7 Å². The van der Waals surface area contributed by atoms with Crippen LogP contribution in [0.2, 0.25) is 6.55 Å². The number of aryl methyl sites for hydroxylation is 4. The summed E-state index contributed by atoms with van der Waals surface area (Å²) in [5, 5.41) is 4.39. The Hall–Kier alpha value is -1.06. The Bertz CT molecular complexity index is 1050. The van der Waals surface area contributed by atoms with Crippen LogP contribution in [-0.4, -0.2) is 8.07 Å². The zero-order chi connectivity index (χ0) is 20.6. The molecule has 0 bridgehead atoms. The average molecular weight is 551 g/mol. The smallest absolute Gasteiger partial charge is 0.111 e. The summed E-state index contributed by atoms with van der Waals surface area (Å²) in [6, 6.07) is 25.0. The fourth-order valence-corrected chi connectivity index (χ4v) is 8.98. The molecule has 0 fully saturated rings. The Morgan fingerprint density at radius 2 is 1.09 bits per heavy atom. The Kier molecular flexibility index (Phi) is 12.7. The van der Waals surface area contributed by atoms with E-state index in [1.54, 1.807) is 0 Å². The van der Waals surface area contributed by atoms with E-state index in [0.29, 0.717) is 0 Å². The fraction of sp³-hybridized carbons (Fsp3) is 0.214. The van der Waals surface area contributed by atoms with E-state index in [4.69, 9.17) is 0 Å². The van der Waals surface area contributed by atoms with Crippen molar-refractivity contribution in [3.05, 3.63) is 112 Å². The van der Waals surface area contributed by atoms with Gasteiger partial charge in [-0.05, 0) is 27.7 Å². The van der Waals surface area contributed by atoms with Crippen molar-refractivity contribution in [3.8, 4) is 0 Å². The first-order valence-corrected chi connectivity index (χ1v) is 12.9. The van der Waals surface area contributed by atoms with Crippen molar-refractivity contribution in [2.24, 2.45) is 0 Å². The summed E-state index contributed by atoms with van der Waals surface area (Å²) in [6.45, 7) is 11.4. The minimum Gasteiger partial charge on any atom is -0.272 e. The molecule has 0 unspecified atom stereocenters. The molecular formula is C28H32Cl3SiTi-. The zero-order valence-electron chi connectivity index (χ0n) is 19.9. The molecule has 5 heteroatoms. The number of allylic oxidation sites excluding steroid dienone is 4. The molecule has 3 aromatic rings. The molecule has 0 saturated carbocycles. The minimum atomic E-state index is -2.20. The van der Waals surface area contributed by atoms with Crippen LogP contribution in [0.4, 0.5) is 0 Å². The maximum Gasteiger partial charge on any atom is 0.111 e. The van der Waals surface area contributed by atoms with E-state index in [-0.39, 0.29) is 58.9 Å². The second-order valence-corrected chi connectivity index (χ2v) is 12.5. The molecule has 4 rings (SSSR count). The van der Waals surface area contributed by atoms with Gasteiger partial charge in [0.15, 0.2) is 0 Å². The Balaban J connectivity index is 0.00000256. The number of rotatable bonds is 4. The van der Waals surface area contributed by atoms with Crippen LogP contribution in [0.25, 0.3) is 5.57 Å². The van der Waals surface area contributed by atoms with Gasteiger partial charge in [0.05, 0.1) is 0 Å². The summed E-state index contributed by atoms with van der Waals surface area (Å²) in [7, 11) is -2.20. The van der Waals surface area contributed by atoms with E-state index in [2.05, 4.69) is 113 Å². The van der Waals surface area contributed by atoms with Crippen molar-refractivity contribution >= 4 is 61.2 Å². The monoisotopic (exact) mass is 549 g/mol. The van der Waals surface area contributed by atoms with Crippen LogP contribution < -0.4 is 10.4 Å². The van der Waals surface area contributed by atoms with Crippen LogP contribution in [0.3, 0.4) is 0 Å². The summed E-state index contributed by atoms with van der Waals surface area (Å²) in [6.07, 6.45) is 7.07.